The third-order valence-corrected chi connectivity index (χ3v) is 8.38. The van der Waals surface area contributed by atoms with Crippen molar-refractivity contribution < 1.29 is 18.9 Å². The molecule has 1 fully saturated rings. The van der Waals surface area contributed by atoms with E-state index >= 15 is 0 Å². The molecule has 2 aliphatic rings. The van der Waals surface area contributed by atoms with Crippen LogP contribution in [-0.4, -0.2) is 70.2 Å². The molecule has 0 aliphatic carbocycles. The number of non-ortho nitro benzene ring substituents is 1. The minimum atomic E-state index is -0.517. The van der Waals surface area contributed by atoms with Gasteiger partial charge in [-0.3, -0.25) is 24.6 Å². The van der Waals surface area contributed by atoms with Crippen molar-refractivity contribution in [1.82, 2.24) is 14.7 Å². The molecule has 198 valence electrons. The van der Waals surface area contributed by atoms with Crippen molar-refractivity contribution >= 4 is 28.8 Å². The highest BCUT2D eigenvalue weighted by atomic mass is 32.1. The molecule has 2 atom stereocenters. The van der Waals surface area contributed by atoms with Gasteiger partial charge in [-0.1, -0.05) is 18.2 Å². The lowest BCUT2D eigenvalue weighted by molar-refractivity contribution is -0.384. The third-order valence-electron chi connectivity index (χ3n) is 7.39. The van der Waals surface area contributed by atoms with Crippen molar-refractivity contribution in [2.45, 2.75) is 31.8 Å². The number of hydrogen-bond donors (Lipinski definition) is 0. The zero-order valence-electron chi connectivity index (χ0n) is 21.1. The molecule has 0 bridgehead atoms. The first-order valence-corrected chi connectivity index (χ1v) is 13.6. The molecule has 3 aromatic rings. The lowest BCUT2D eigenvalue weighted by Crippen LogP contribution is -2.55. The molecule has 2 aliphatic heterocycles. The summed E-state index contributed by atoms with van der Waals surface area (Å²) < 4.78 is 14.1. The van der Waals surface area contributed by atoms with Gasteiger partial charge in [0.05, 0.1) is 11.0 Å². The first kappa shape index (κ1) is 26.0. The van der Waals surface area contributed by atoms with Crippen LogP contribution in [0.3, 0.4) is 0 Å². The van der Waals surface area contributed by atoms with Crippen molar-refractivity contribution in [2.24, 2.45) is 0 Å². The molecule has 0 unspecified atom stereocenters. The van der Waals surface area contributed by atoms with Crippen molar-refractivity contribution in [3.05, 3.63) is 97.5 Å². The number of carbonyl (C=O) groups is 2. The molecule has 0 N–H and O–H groups in total. The van der Waals surface area contributed by atoms with E-state index in [4.69, 9.17) is 0 Å². The second kappa shape index (κ2) is 11.0. The van der Waals surface area contributed by atoms with Gasteiger partial charge in [-0.25, -0.2) is 4.39 Å². The van der Waals surface area contributed by atoms with Crippen molar-refractivity contribution in [3.63, 3.8) is 0 Å². The molecule has 2 amide bonds. The zero-order chi connectivity index (χ0) is 26.8. The minimum absolute atomic E-state index is 0.0217. The fourth-order valence-electron chi connectivity index (χ4n) is 5.48. The molecular formula is C28H29FN4O4S. The van der Waals surface area contributed by atoms with Gasteiger partial charge in [0.25, 0.3) is 11.6 Å². The molecule has 8 nitrogen and oxygen atoms in total. The predicted molar refractivity (Wildman–Crippen MR) is 143 cm³/mol. The summed E-state index contributed by atoms with van der Waals surface area (Å²) in [5.41, 5.74) is 2.22. The van der Waals surface area contributed by atoms with Crippen LogP contribution in [0.1, 0.15) is 45.7 Å². The van der Waals surface area contributed by atoms with Crippen molar-refractivity contribution in [1.29, 1.82) is 0 Å². The number of rotatable bonds is 6. The number of nitro benzene ring substituents is 1. The maximum Gasteiger partial charge on any atom is 0.270 e. The van der Waals surface area contributed by atoms with E-state index < -0.39 is 4.92 Å². The summed E-state index contributed by atoms with van der Waals surface area (Å²) in [6.07, 6.45) is 1.24. The number of carbonyl (C=O) groups excluding carboxylic acids is 2. The van der Waals surface area contributed by atoms with Gasteiger partial charge in [-0.2, -0.15) is 0 Å². The third kappa shape index (κ3) is 5.32. The predicted octanol–water partition coefficient (Wildman–Crippen LogP) is 4.51. The van der Waals surface area contributed by atoms with Gasteiger partial charge >= 0.3 is 0 Å². The fraction of sp³-hybridized carbons (Fsp3) is 0.357. The number of piperazine rings is 1. The van der Waals surface area contributed by atoms with Gasteiger partial charge in [0, 0.05) is 67.8 Å². The van der Waals surface area contributed by atoms with Crippen LogP contribution >= 0.6 is 11.3 Å². The van der Waals surface area contributed by atoms with Crippen LogP contribution in [0.25, 0.3) is 0 Å². The van der Waals surface area contributed by atoms with E-state index in [1.54, 1.807) is 39.3 Å². The Hall–Kier alpha value is -3.63. The Bertz CT molecular complexity index is 1360. The highest BCUT2D eigenvalue weighted by Gasteiger charge is 2.33. The Morgan fingerprint density at radius 3 is 2.68 bits per heavy atom. The summed E-state index contributed by atoms with van der Waals surface area (Å²) >= 11 is 1.72. The Morgan fingerprint density at radius 2 is 1.92 bits per heavy atom. The first-order valence-electron chi connectivity index (χ1n) is 12.7. The summed E-state index contributed by atoms with van der Waals surface area (Å²) in [5.74, 6) is -0.521. The molecule has 2 aromatic carbocycles. The van der Waals surface area contributed by atoms with Gasteiger partial charge < -0.3 is 9.80 Å². The summed E-state index contributed by atoms with van der Waals surface area (Å²) in [7, 11) is 0. The van der Waals surface area contributed by atoms with Crippen LogP contribution in [0, 0.1) is 15.9 Å². The topological polar surface area (TPSA) is 87.0 Å². The number of benzene rings is 2. The van der Waals surface area contributed by atoms with Crippen molar-refractivity contribution in [2.75, 3.05) is 32.7 Å². The SMILES string of the molecule is C[C@H]1CN(C(=O)CCN2CCc3sccc3[C@H]2c2cccc(F)c2)CCN1C(=O)c1cccc([N+](=O)[O-])c1. The van der Waals surface area contributed by atoms with E-state index in [0.717, 1.165) is 18.5 Å². The summed E-state index contributed by atoms with van der Waals surface area (Å²) in [6.45, 7) is 4.41. The minimum Gasteiger partial charge on any atom is -0.339 e. The highest BCUT2D eigenvalue weighted by molar-refractivity contribution is 7.10. The van der Waals surface area contributed by atoms with E-state index in [1.165, 1.54) is 34.7 Å². The Balaban J connectivity index is 1.22. The largest absolute Gasteiger partial charge is 0.339 e. The average molecular weight is 537 g/mol. The standard InChI is InChI=1S/C28H29FN4O4S/c1-19-18-31(13-14-32(19)28(35)21-5-3-7-23(17-21)33(36)37)26(34)9-12-30-11-8-25-24(10-15-38-25)27(30)20-4-2-6-22(29)16-20/h2-7,10,15-17,19,27H,8-9,11-14,18H2,1H3/t19-,27+/m0/s1. The molecule has 3 heterocycles. The number of thiophene rings is 1. The molecule has 1 saturated heterocycles. The van der Waals surface area contributed by atoms with Crippen LogP contribution in [0.4, 0.5) is 10.1 Å². The number of fused-ring (bicyclic) bond motifs is 1. The van der Waals surface area contributed by atoms with Crippen molar-refractivity contribution in [3.8, 4) is 0 Å². The summed E-state index contributed by atoms with van der Waals surface area (Å²) in [6, 6.07) is 14.2. The van der Waals surface area contributed by atoms with E-state index in [0.29, 0.717) is 32.6 Å². The van der Waals surface area contributed by atoms with Gasteiger partial charge in [-0.05, 0) is 54.1 Å². The van der Waals surface area contributed by atoms with Crippen LogP contribution in [0.15, 0.2) is 60.0 Å². The highest BCUT2D eigenvalue weighted by Crippen LogP contribution is 2.38. The van der Waals surface area contributed by atoms with Crippen LogP contribution in [-0.2, 0) is 11.2 Å². The Morgan fingerprint density at radius 1 is 1.11 bits per heavy atom. The molecule has 38 heavy (non-hydrogen) atoms. The van der Waals surface area contributed by atoms with E-state index in [2.05, 4.69) is 16.3 Å². The summed E-state index contributed by atoms with van der Waals surface area (Å²) in [5, 5.41) is 13.2. The lowest BCUT2D eigenvalue weighted by Gasteiger charge is -2.40. The molecule has 0 spiro atoms. The molecule has 0 saturated carbocycles. The number of nitro groups is 1. The smallest absolute Gasteiger partial charge is 0.270 e. The number of halogens is 1. The van der Waals surface area contributed by atoms with Gasteiger partial charge in [0.2, 0.25) is 5.91 Å². The number of nitrogens with zero attached hydrogens (tertiary/aromatic N) is 4. The van der Waals surface area contributed by atoms with Gasteiger partial charge in [-0.15, -0.1) is 11.3 Å². The zero-order valence-corrected chi connectivity index (χ0v) is 21.9. The Kier molecular flexibility index (Phi) is 7.53. The normalized spacial score (nSPS) is 19.7. The Labute approximate surface area is 224 Å². The maximum absolute atomic E-state index is 14.1. The monoisotopic (exact) mass is 536 g/mol. The van der Waals surface area contributed by atoms with Crippen LogP contribution in [0.5, 0.6) is 0 Å². The van der Waals surface area contributed by atoms with E-state index in [-0.39, 0.29) is 41.0 Å². The second-order valence-corrected chi connectivity index (χ2v) is 10.8. The van der Waals surface area contributed by atoms with Gasteiger partial charge in [0.15, 0.2) is 0 Å². The van der Waals surface area contributed by atoms with Crippen LogP contribution in [0.2, 0.25) is 0 Å². The fourth-order valence-corrected chi connectivity index (χ4v) is 6.38. The molecule has 0 radical (unpaired) electrons. The first-order chi connectivity index (χ1) is 18.3. The molecular weight excluding hydrogens is 507 g/mol. The van der Waals surface area contributed by atoms with Gasteiger partial charge in [0.1, 0.15) is 5.82 Å². The number of hydrogen-bond acceptors (Lipinski definition) is 6. The number of amides is 2. The molecule has 10 heteroatoms. The lowest BCUT2D eigenvalue weighted by atomic mass is 9.93. The quantitative estimate of drug-likeness (QED) is 0.342. The second-order valence-electron chi connectivity index (χ2n) is 9.79. The maximum atomic E-state index is 14.1. The summed E-state index contributed by atoms with van der Waals surface area (Å²) in [4.78, 5) is 43.8. The van der Waals surface area contributed by atoms with E-state index in [1.807, 2.05) is 13.0 Å². The molecule has 1 aromatic heterocycles. The van der Waals surface area contributed by atoms with E-state index in [9.17, 15) is 24.1 Å². The van der Waals surface area contributed by atoms with Crippen LogP contribution < -0.4 is 0 Å². The molecule has 5 rings (SSSR count). The average Bonchev–Trinajstić information content (AvgIpc) is 3.40.